The van der Waals surface area contributed by atoms with E-state index in [1.165, 1.54) is 11.0 Å². The number of amides is 2. The Morgan fingerprint density at radius 2 is 1.86 bits per heavy atom. The maximum absolute atomic E-state index is 12.2. The van der Waals surface area contributed by atoms with Crippen LogP contribution < -0.4 is 5.32 Å². The molecule has 1 aromatic carbocycles. The lowest BCUT2D eigenvalue weighted by molar-refractivity contribution is -0.147. The second kappa shape index (κ2) is 5.00. The molecule has 0 aliphatic carbocycles. The van der Waals surface area contributed by atoms with Crippen molar-refractivity contribution in [3.8, 4) is 0 Å². The normalized spacial score (nSPS) is 27.7. The van der Waals surface area contributed by atoms with E-state index >= 15 is 0 Å². The van der Waals surface area contributed by atoms with E-state index < -0.39 is 21.9 Å². The van der Waals surface area contributed by atoms with Gasteiger partial charge in [0.1, 0.15) is 6.04 Å². The molecule has 21 heavy (non-hydrogen) atoms. The molecule has 1 fully saturated rings. The minimum Gasteiger partial charge on any atom is -0.345 e. The quantitative estimate of drug-likeness (QED) is 0.833. The van der Waals surface area contributed by atoms with Crippen molar-refractivity contribution in [3.63, 3.8) is 0 Å². The van der Waals surface area contributed by atoms with Crippen LogP contribution in [0.2, 0.25) is 0 Å². The molecule has 1 saturated heterocycles. The first kappa shape index (κ1) is 13.8. The molecule has 1 N–H and O–H groups in total. The van der Waals surface area contributed by atoms with Crippen LogP contribution in [0, 0.1) is 0 Å². The third-order valence-corrected chi connectivity index (χ3v) is 4.99. The van der Waals surface area contributed by atoms with Gasteiger partial charge < -0.3 is 10.2 Å². The third-order valence-electron chi connectivity index (χ3n) is 3.61. The predicted octanol–water partition coefficient (Wildman–Crippen LogP) is -0.00320. The molecule has 2 aliphatic rings. The lowest BCUT2D eigenvalue weighted by Crippen LogP contribution is -2.57. The molecule has 2 unspecified atom stereocenters. The van der Waals surface area contributed by atoms with Crippen molar-refractivity contribution in [3.05, 3.63) is 47.4 Å². The Balaban J connectivity index is 2.00. The molecule has 2 amide bonds. The summed E-state index contributed by atoms with van der Waals surface area (Å²) in [6.07, 6.45) is 1.47. The summed E-state index contributed by atoms with van der Waals surface area (Å²) in [5.74, 6) is -0.747. The van der Waals surface area contributed by atoms with Crippen LogP contribution >= 0.6 is 0 Å². The maximum Gasteiger partial charge on any atom is 0.247 e. The summed E-state index contributed by atoms with van der Waals surface area (Å²) in [7, 11) is -3.30. The summed E-state index contributed by atoms with van der Waals surface area (Å²) in [5.41, 5.74) is 0.667. The van der Waals surface area contributed by atoms with Gasteiger partial charge in [-0.2, -0.15) is 0 Å². The SMILES string of the molecule is O=C1NCC(=O)N(C2C=CS(=O)(=O)C2)C1c1ccccc1. The molecule has 0 spiro atoms. The monoisotopic (exact) mass is 306 g/mol. The van der Waals surface area contributed by atoms with Gasteiger partial charge in [0.05, 0.1) is 18.3 Å². The first-order chi connectivity index (χ1) is 9.98. The van der Waals surface area contributed by atoms with E-state index in [-0.39, 0.29) is 24.1 Å². The summed E-state index contributed by atoms with van der Waals surface area (Å²) in [5, 5.41) is 3.66. The van der Waals surface area contributed by atoms with Crippen LogP contribution in [0.3, 0.4) is 0 Å². The van der Waals surface area contributed by atoms with E-state index in [9.17, 15) is 18.0 Å². The molecule has 0 saturated carbocycles. The van der Waals surface area contributed by atoms with Gasteiger partial charge in [-0.15, -0.1) is 0 Å². The van der Waals surface area contributed by atoms with Crippen molar-refractivity contribution in [2.24, 2.45) is 0 Å². The Morgan fingerprint density at radius 3 is 2.48 bits per heavy atom. The number of rotatable bonds is 2. The van der Waals surface area contributed by atoms with Gasteiger partial charge in [0.2, 0.25) is 11.8 Å². The van der Waals surface area contributed by atoms with Crippen molar-refractivity contribution < 1.29 is 18.0 Å². The van der Waals surface area contributed by atoms with Crippen molar-refractivity contribution in [1.82, 2.24) is 10.2 Å². The molecule has 0 bridgehead atoms. The Bertz CT molecular complexity index is 712. The van der Waals surface area contributed by atoms with Crippen LogP contribution in [0.15, 0.2) is 41.8 Å². The molecule has 1 aromatic rings. The highest BCUT2D eigenvalue weighted by molar-refractivity contribution is 7.94. The number of sulfone groups is 1. The molecule has 2 aliphatic heterocycles. The standard InChI is InChI=1S/C14H14N2O4S/c17-12-8-15-14(18)13(10-4-2-1-3-5-10)16(12)11-6-7-21(19,20)9-11/h1-7,11,13H,8-9H2,(H,15,18). The highest BCUT2D eigenvalue weighted by Crippen LogP contribution is 2.29. The van der Waals surface area contributed by atoms with Gasteiger partial charge in [-0.25, -0.2) is 8.42 Å². The molecule has 3 rings (SSSR count). The predicted molar refractivity (Wildman–Crippen MR) is 75.8 cm³/mol. The maximum atomic E-state index is 12.2. The Labute approximate surface area is 122 Å². The molecule has 110 valence electrons. The van der Waals surface area contributed by atoms with Crippen LogP contribution in [0.1, 0.15) is 11.6 Å². The molecule has 2 heterocycles. The van der Waals surface area contributed by atoms with Gasteiger partial charge in [-0.1, -0.05) is 30.3 Å². The molecule has 6 nitrogen and oxygen atoms in total. The first-order valence-corrected chi connectivity index (χ1v) is 8.24. The number of benzene rings is 1. The Kier molecular flexibility index (Phi) is 3.29. The molecule has 0 radical (unpaired) electrons. The second-order valence-electron chi connectivity index (χ2n) is 5.06. The zero-order valence-corrected chi connectivity index (χ0v) is 11.9. The fourth-order valence-corrected chi connectivity index (χ4v) is 3.96. The van der Waals surface area contributed by atoms with Gasteiger partial charge in [-0.05, 0) is 11.6 Å². The average Bonchev–Trinajstić information content (AvgIpc) is 2.82. The lowest BCUT2D eigenvalue weighted by atomic mass is 10.0. The zero-order valence-electron chi connectivity index (χ0n) is 11.1. The van der Waals surface area contributed by atoms with Crippen molar-refractivity contribution in [2.45, 2.75) is 12.1 Å². The summed E-state index contributed by atoms with van der Waals surface area (Å²) in [6.45, 7) is -0.105. The smallest absolute Gasteiger partial charge is 0.247 e. The van der Waals surface area contributed by atoms with Crippen molar-refractivity contribution in [2.75, 3.05) is 12.3 Å². The molecular weight excluding hydrogens is 292 g/mol. The Hall–Kier alpha value is -2.15. The van der Waals surface area contributed by atoms with Crippen LogP contribution in [0.25, 0.3) is 0 Å². The Morgan fingerprint density at radius 1 is 1.14 bits per heavy atom. The van der Waals surface area contributed by atoms with E-state index in [2.05, 4.69) is 5.32 Å². The first-order valence-electron chi connectivity index (χ1n) is 6.53. The van der Waals surface area contributed by atoms with Gasteiger partial charge in [0.25, 0.3) is 0 Å². The topological polar surface area (TPSA) is 83.6 Å². The number of nitrogens with zero attached hydrogens (tertiary/aromatic N) is 1. The number of hydrogen-bond acceptors (Lipinski definition) is 4. The third kappa shape index (κ3) is 2.56. The van der Waals surface area contributed by atoms with Crippen LogP contribution in [-0.2, 0) is 19.4 Å². The van der Waals surface area contributed by atoms with E-state index in [1.54, 1.807) is 24.3 Å². The molecular formula is C14H14N2O4S. The molecule has 0 aromatic heterocycles. The zero-order chi connectivity index (χ0) is 15.0. The summed E-state index contributed by atoms with van der Waals surface area (Å²) >= 11 is 0. The minimum absolute atomic E-state index is 0.105. The summed E-state index contributed by atoms with van der Waals surface area (Å²) in [6, 6.07) is 7.49. The van der Waals surface area contributed by atoms with Gasteiger partial charge in [-0.3, -0.25) is 9.59 Å². The van der Waals surface area contributed by atoms with E-state index in [1.807, 2.05) is 6.07 Å². The fourth-order valence-electron chi connectivity index (χ4n) is 2.68. The van der Waals surface area contributed by atoms with Crippen molar-refractivity contribution >= 4 is 21.7 Å². The second-order valence-corrected chi connectivity index (χ2v) is 6.99. The number of piperazine rings is 1. The number of carbonyl (C=O) groups excluding carboxylic acids is 2. The van der Waals surface area contributed by atoms with Gasteiger partial charge in [0.15, 0.2) is 9.84 Å². The summed E-state index contributed by atoms with van der Waals surface area (Å²) < 4.78 is 23.2. The lowest BCUT2D eigenvalue weighted by Gasteiger charge is -2.38. The van der Waals surface area contributed by atoms with Crippen LogP contribution in [-0.4, -0.2) is 43.5 Å². The van der Waals surface area contributed by atoms with Gasteiger partial charge >= 0.3 is 0 Å². The molecule has 7 heteroatoms. The number of carbonyl (C=O) groups is 2. The van der Waals surface area contributed by atoms with E-state index in [0.29, 0.717) is 5.56 Å². The van der Waals surface area contributed by atoms with Crippen molar-refractivity contribution in [1.29, 1.82) is 0 Å². The summed E-state index contributed by atoms with van der Waals surface area (Å²) in [4.78, 5) is 25.8. The van der Waals surface area contributed by atoms with Crippen LogP contribution in [0.4, 0.5) is 0 Å². The van der Waals surface area contributed by atoms with Crippen LogP contribution in [0.5, 0.6) is 0 Å². The number of nitrogens with one attached hydrogen (secondary N) is 1. The molecule has 2 atom stereocenters. The number of hydrogen-bond donors (Lipinski definition) is 1. The minimum atomic E-state index is -3.30. The van der Waals surface area contributed by atoms with Gasteiger partial charge in [0, 0.05) is 5.41 Å². The van der Waals surface area contributed by atoms with E-state index in [4.69, 9.17) is 0 Å². The highest BCUT2D eigenvalue weighted by Gasteiger charge is 2.41. The van der Waals surface area contributed by atoms with E-state index in [0.717, 1.165) is 5.41 Å². The highest BCUT2D eigenvalue weighted by atomic mass is 32.2. The average molecular weight is 306 g/mol. The fraction of sp³-hybridized carbons (Fsp3) is 0.286. The largest absolute Gasteiger partial charge is 0.345 e.